The Morgan fingerprint density at radius 3 is 2.44 bits per heavy atom. The molecule has 2 fully saturated rings. The molecule has 1 amide bonds. The SMILES string of the molecule is CC(C)(C)[Si](C)(C)OC1CCC2(CC1)CCN(c1ccccn1)C2=O. The molecule has 0 unspecified atom stereocenters. The van der Waals surface area contributed by atoms with Crippen molar-refractivity contribution in [2.75, 3.05) is 11.4 Å². The van der Waals surface area contributed by atoms with Crippen LogP contribution in [-0.2, 0) is 9.22 Å². The number of carbonyl (C=O) groups is 1. The Hall–Kier alpha value is -1.20. The van der Waals surface area contributed by atoms with Crippen LogP contribution in [-0.4, -0.2) is 31.9 Å². The van der Waals surface area contributed by atoms with Crippen LogP contribution in [0.2, 0.25) is 18.1 Å². The topological polar surface area (TPSA) is 42.4 Å². The molecule has 5 heteroatoms. The lowest BCUT2D eigenvalue weighted by Crippen LogP contribution is -2.46. The van der Waals surface area contributed by atoms with Gasteiger partial charge in [0.25, 0.3) is 0 Å². The second-order valence-electron chi connectivity index (χ2n) is 9.25. The fourth-order valence-electron chi connectivity index (χ4n) is 3.87. The molecule has 3 rings (SSSR count). The first-order valence-corrected chi connectivity index (χ1v) is 12.5. The van der Waals surface area contributed by atoms with E-state index in [2.05, 4.69) is 38.8 Å². The van der Waals surface area contributed by atoms with E-state index in [0.717, 1.165) is 44.5 Å². The first kappa shape index (κ1) is 18.6. The standard InChI is InChI=1S/C20H32N2O2Si/c1-19(2,3)25(4,5)24-16-9-11-20(12-10-16)13-15-22(18(20)23)17-8-6-7-14-21-17/h6-8,14,16H,9-13,15H2,1-5H3. The van der Waals surface area contributed by atoms with Crippen LogP contribution >= 0.6 is 0 Å². The van der Waals surface area contributed by atoms with Crippen molar-refractivity contribution in [2.45, 2.75) is 77.1 Å². The summed E-state index contributed by atoms with van der Waals surface area (Å²) in [4.78, 5) is 19.3. The van der Waals surface area contributed by atoms with Crippen LogP contribution in [0.1, 0.15) is 52.9 Å². The fourth-order valence-corrected chi connectivity index (χ4v) is 5.29. The van der Waals surface area contributed by atoms with Gasteiger partial charge < -0.3 is 4.43 Å². The average molecular weight is 361 g/mol. The third-order valence-electron chi connectivity index (χ3n) is 6.60. The Kier molecular flexibility index (Phi) is 4.84. The molecule has 0 atom stereocenters. The van der Waals surface area contributed by atoms with Gasteiger partial charge in [0.2, 0.25) is 5.91 Å². The second kappa shape index (κ2) is 6.51. The van der Waals surface area contributed by atoms with Gasteiger partial charge >= 0.3 is 0 Å². The summed E-state index contributed by atoms with van der Waals surface area (Å²) < 4.78 is 6.59. The molecular weight excluding hydrogens is 328 g/mol. The van der Waals surface area contributed by atoms with E-state index < -0.39 is 8.32 Å². The molecule has 1 aromatic rings. The molecule has 1 spiro atoms. The van der Waals surface area contributed by atoms with E-state index in [1.165, 1.54) is 0 Å². The highest BCUT2D eigenvalue weighted by Crippen LogP contribution is 2.47. The number of pyridine rings is 1. The van der Waals surface area contributed by atoms with Crippen LogP contribution < -0.4 is 4.90 Å². The summed E-state index contributed by atoms with van der Waals surface area (Å²) >= 11 is 0. The van der Waals surface area contributed by atoms with Crippen molar-refractivity contribution in [3.05, 3.63) is 24.4 Å². The molecule has 4 nitrogen and oxygen atoms in total. The molecular formula is C20H32N2O2Si. The van der Waals surface area contributed by atoms with Crippen molar-refractivity contribution in [3.63, 3.8) is 0 Å². The van der Waals surface area contributed by atoms with E-state index in [9.17, 15) is 4.79 Å². The molecule has 138 valence electrons. The normalized spacial score (nSPS) is 28.0. The predicted octanol–water partition coefficient (Wildman–Crippen LogP) is 4.77. The highest BCUT2D eigenvalue weighted by molar-refractivity contribution is 6.74. The van der Waals surface area contributed by atoms with Gasteiger partial charge in [0, 0.05) is 18.8 Å². The fraction of sp³-hybridized carbons (Fsp3) is 0.700. The summed E-state index contributed by atoms with van der Waals surface area (Å²) in [5.74, 6) is 1.07. The highest BCUT2D eigenvalue weighted by Gasteiger charge is 2.50. The number of anilines is 1. The third kappa shape index (κ3) is 3.54. The van der Waals surface area contributed by atoms with Crippen LogP contribution in [0.3, 0.4) is 0 Å². The van der Waals surface area contributed by atoms with E-state index in [1.807, 2.05) is 23.1 Å². The number of carbonyl (C=O) groups excluding carboxylic acids is 1. The van der Waals surface area contributed by atoms with E-state index in [4.69, 9.17) is 4.43 Å². The van der Waals surface area contributed by atoms with Gasteiger partial charge in [-0.2, -0.15) is 0 Å². The lowest BCUT2D eigenvalue weighted by molar-refractivity contribution is -0.128. The zero-order chi connectivity index (χ0) is 18.3. The molecule has 0 aromatic carbocycles. The van der Waals surface area contributed by atoms with Gasteiger partial charge in [-0.25, -0.2) is 4.98 Å². The van der Waals surface area contributed by atoms with Gasteiger partial charge in [-0.15, -0.1) is 0 Å². The predicted molar refractivity (Wildman–Crippen MR) is 104 cm³/mol. The number of rotatable bonds is 3. The van der Waals surface area contributed by atoms with Crippen LogP contribution in [0.25, 0.3) is 0 Å². The summed E-state index contributed by atoms with van der Waals surface area (Å²) in [5, 5.41) is 0.237. The maximum atomic E-state index is 13.1. The molecule has 25 heavy (non-hydrogen) atoms. The zero-order valence-corrected chi connectivity index (χ0v) is 17.3. The lowest BCUT2D eigenvalue weighted by Gasteiger charge is -2.43. The first-order valence-electron chi connectivity index (χ1n) is 9.56. The van der Waals surface area contributed by atoms with Crippen molar-refractivity contribution >= 4 is 20.0 Å². The van der Waals surface area contributed by atoms with Crippen molar-refractivity contribution in [1.82, 2.24) is 4.98 Å². The van der Waals surface area contributed by atoms with Crippen LogP contribution in [0.5, 0.6) is 0 Å². The zero-order valence-electron chi connectivity index (χ0n) is 16.3. The second-order valence-corrected chi connectivity index (χ2v) is 14.0. The van der Waals surface area contributed by atoms with Crippen LogP contribution in [0.15, 0.2) is 24.4 Å². The summed E-state index contributed by atoms with van der Waals surface area (Å²) in [6.45, 7) is 12.3. The first-order chi connectivity index (χ1) is 11.6. The molecule has 2 heterocycles. The minimum Gasteiger partial charge on any atom is -0.414 e. The van der Waals surface area contributed by atoms with Gasteiger partial charge in [-0.05, 0) is 62.4 Å². The lowest BCUT2D eigenvalue weighted by atomic mass is 9.72. The molecule has 0 bridgehead atoms. The summed E-state index contributed by atoms with van der Waals surface area (Å²) in [6, 6.07) is 5.77. The Balaban J connectivity index is 1.63. The quantitative estimate of drug-likeness (QED) is 0.729. The van der Waals surface area contributed by atoms with Gasteiger partial charge in [0.1, 0.15) is 5.82 Å². The molecule has 1 aromatic heterocycles. The monoisotopic (exact) mass is 360 g/mol. The molecule has 1 aliphatic carbocycles. The molecule has 1 saturated carbocycles. The summed E-state index contributed by atoms with van der Waals surface area (Å²) in [5.41, 5.74) is -0.176. The van der Waals surface area contributed by atoms with Gasteiger partial charge in [0.05, 0.1) is 5.41 Å². The summed E-state index contributed by atoms with van der Waals surface area (Å²) in [7, 11) is -1.73. The number of nitrogens with zero attached hydrogens (tertiary/aromatic N) is 2. The number of aromatic nitrogens is 1. The Morgan fingerprint density at radius 1 is 1.20 bits per heavy atom. The molecule has 0 radical (unpaired) electrons. The van der Waals surface area contributed by atoms with Gasteiger partial charge in [0.15, 0.2) is 8.32 Å². The van der Waals surface area contributed by atoms with Crippen molar-refractivity contribution in [1.29, 1.82) is 0 Å². The maximum absolute atomic E-state index is 13.1. The smallest absolute Gasteiger partial charge is 0.234 e. The summed E-state index contributed by atoms with van der Waals surface area (Å²) in [6.07, 6.45) is 6.96. The van der Waals surface area contributed by atoms with E-state index in [1.54, 1.807) is 6.20 Å². The maximum Gasteiger partial charge on any atom is 0.234 e. The Bertz CT molecular complexity index is 616. The average Bonchev–Trinajstić information content (AvgIpc) is 2.86. The van der Waals surface area contributed by atoms with Crippen LogP contribution in [0, 0.1) is 5.41 Å². The van der Waals surface area contributed by atoms with E-state index in [-0.39, 0.29) is 16.4 Å². The third-order valence-corrected chi connectivity index (χ3v) is 11.1. The van der Waals surface area contributed by atoms with Crippen molar-refractivity contribution in [2.24, 2.45) is 5.41 Å². The van der Waals surface area contributed by atoms with Crippen molar-refractivity contribution in [3.8, 4) is 0 Å². The molecule has 1 aliphatic heterocycles. The number of hydrogen-bond acceptors (Lipinski definition) is 3. The number of amides is 1. The largest absolute Gasteiger partial charge is 0.414 e. The Morgan fingerprint density at radius 2 is 1.88 bits per heavy atom. The van der Waals surface area contributed by atoms with Crippen molar-refractivity contribution < 1.29 is 9.22 Å². The van der Waals surface area contributed by atoms with E-state index in [0.29, 0.717) is 6.10 Å². The van der Waals surface area contributed by atoms with Gasteiger partial charge in [-0.1, -0.05) is 26.8 Å². The highest BCUT2D eigenvalue weighted by atomic mass is 28.4. The molecule has 1 saturated heterocycles. The van der Waals surface area contributed by atoms with Crippen LogP contribution in [0.4, 0.5) is 5.82 Å². The minimum atomic E-state index is -1.73. The van der Waals surface area contributed by atoms with E-state index >= 15 is 0 Å². The van der Waals surface area contributed by atoms with Gasteiger partial charge in [-0.3, -0.25) is 9.69 Å². The minimum absolute atomic E-state index is 0.176. The number of hydrogen-bond donors (Lipinski definition) is 0. The molecule has 2 aliphatic rings. The molecule has 0 N–H and O–H groups in total. The Labute approximate surface area is 153 Å².